The zero-order chi connectivity index (χ0) is 12.7. The van der Waals surface area contributed by atoms with E-state index in [0.29, 0.717) is 0 Å². The second-order valence-electron chi connectivity index (χ2n) is 4.00. The minimum atomic E-state index is -3.33. The molecule has 0 radical (unpaired) electrons. The van der Waals surface area contributed by atoms with Crippen LogP contribution >= 0.6 is 0 Å². The lowest BCUT2D eigenvalue weighted by atomic mass is 10.1. The van der Waals surface area contributed by atoms with Crippen LogP contribution in [-0.4, -0.2) is 30.9 Å². The highest BCUT2D eigenvalue weighted by Gasteiger charge is 2.14. The standard InChI is InChI=1S/C12H19NO3S/c1-2-3-5-11-6-7-12(13-10-11)17(15,16)9-4-8-14/h6-7,10,14H,2-5,8-9H2,1H3. The molecule has 1 heterocycles. The fourth-order valence-electron chi connectivity index (χ4n) is 1.48. The Hall–Kier alpha value is -0.940. The van der Waals surface area contributed by atoms with E-state index < -0.39 is 9.84 Å². The van der Waals surface area contributed by atoms with Crippen molar-refractivity contribution in [1.82, 2.24) is 4.98 Å². The Bertz CT molecular complexity index is 426. The average molecular weight is 257 g/mol. The van der Waals surface area contributed by atoms with Crippen molar-refractivity contribution in [2.75, 3.05) is 12.4 Å². The van der Waals surface area contributed by atoms with Gasteiger partial charge in [0.25, 0.3) is 0 Å². The minimum Gasteiger partial charge on any atom is -0.396 e. The molecule has 96 valence electrons. The molecule has 0 saturated carbocycles. The van der Waals surface area contributed by atoms with Crippen LogP contribution in [-0.2, 0) is 16.3 Å². The Morgan fingerprint density at radius 3 is 2.59 bits per heavy atom. The van der Waals surface area contributed by atoms with Crippen LogP contribution in [0.3, 0.4) is 0 Å². The van der Waals surface area contributed by atoms with Crippen LogP contribution in [0.1, 0.15) is 31.7 Å². The Morgan fingerprint density at radius 1 is 1.29 bits per heavy atom. The number of unbranched alkanes of at least 4 members (excludes halogenated alkanes) is 1. The van der Waals surface area contributed by atoms with Crippen molar-refractivity contribution in [2.24, 2.45) is 0 Å². The molecule has 1 aromatic rings. The van der Waals surface area contributed by atoms with Crippen LogP contribution in [0, 0.1) is 0 Å². The molecule has 17 heavy (non-hydrogen) atoms. The topological polar surface area (TPSA) is 67.3 Å². The summed E-state index contributed by atoms with van der Waals surface area (Å²) in [6.45, 7) is 2.00. The highest BCUT2D eigenvalue weighted by atomic mass is 32.2. The number of nitrogens with zero attached hydrogens (tertiary/aromatic N) is 1. The van der Waals surface area contributed by atoms with Crippen molar-refractivity contribution in [3.8, 4) is 0 Å². The van der Waals surface area contributed by atoms with Gasteiger partial charge in [-0.1, -0.05) is 19.4 Å². The van der Waals surface area contributed by atoms with Gasteiger partial charge in [-0.15, -0.1) is 0 Å². The molecule has 4 nitrogen and oxygen atoms in total. The van der Waals surface area contributed by atoms with E-state index in [-0.39, 0.29) is 23.8 Å². The van der Waals surface area contributed by atoms with Gasteiger partial charge in [0, 0.05) is 12.8 Å². The van der Waals surface area contributed by atoms with Gasteiger partial charge in [0.15, 0.2) is 14.9 Å². The van der Waals surface area contributed by atoms with Crippen molar-refractivity contribution < 1.29 is 13.5 Å². The number of aliphatic hydroxyl groups is 1. The monoisotopic (exact) mass is 257 g/mol. The first-order valence-corrected chi connectivity index (χ1v) is 7.54. The maximum atomic E-state index is 11.7. The van der Waals surface area contributed by atoms with E-state index in [4.69, 9.17) is 5.11 Å². The van der Waals surface area contributed by atoms with E-state index in [2.05, 4.69) is 11.9 Å². The van der Waals surface area contributed by atoms with Crippen molar-refractivity contribution in [1.29, 1.82) is 0 Å². The number of rotatable bonds is 7. The molecule has 0 saturated heterocycles. The van der Waals surface area contributed by atoms with E-state index in [1.54, 1.807) is 12.3 Å². The molecular formula is C12H19NO3S. The second-order valence-corrected chi connectivity index (χ2v) is 6.06. The third kappa shape index (κ3) is 4.44. The molecule has 1 aromatic heterocycles. The summed E-state index contributed by atoms with van der Waals surface area (Å²) in [5.41, 5.74) is 1.06. The van der Waals surface area contributed by atoms with Gasteiger partial charge in [-0.25, -0.2) is 13.4 Å². The van der Waals surface area contributed by atoms with Gasteiger partial charge >= 0.3 is 0 Å². The highest BCUT2D eigenvalue weighted by Crippen LogP contribution is 2.11. The van der Waals surface area contributed by atoms with Gasteiger partial charge in [0.05, 0.1) is 5.75 Å². The van der Waals surface area contributed by atoms with Crippen LogP contribution in [0.4, 0.5) is 0 Å². The van der Waals surface area contributed by atoms with Gasteiger partial charge in [-0.2, -0.15) is 0 Å². The molecule has 0 atom stereocenters. The lowest BCUT2D eigenvalue weighted by Gasteiger charge is -2.04. The summed E-state index contributed by atoms with van der Waals surface area (Å²) in [6.07, 6.45) is 5.00. The molecule has 0 fully saturated rings. The fraction of sp³-hybridized carbons (Fsp3) is 0.583. The molecule has 1 N–H and O–H groups in total. The summed E-state index contributed by atoms with van der Waals surface area (Å²) in [4.78, 5) is 3.99. The Balaban J connectivity index is 2.73. The summed E-state index contributed by atoms with van der Waals surface area (Å²) in [6, 6.07) is 3.37. The third-order valence-corrected chi connectivity index (χ3v) is 4.21. The van der Waals surface area contributed by atoms with Crippen LogP contribution in [0.5, 0.6) is 0 Å². The molecule has 1 rings (SSSR count). The van der Waals surface area contributed by atoms with E-state index in [9.17, 15) is 8.42 Å². The van der Waals surface area contributed by atoms with Gasteiger partial charge in [-0.3, -0.25) is 0 Å². The predicted molar refractivity (Wildman–Crippen MR) is 66.6 cm³/mol. The molecule has 0 aromatic carbocycles. The molecule has 0 aliphatic carbocycles. The Labute approximate surface area is 103 Å². The van der Waals surface area contributed by atoms with Crippen molar-refractivity contribution in [3.05, 3.63) is 23.9 Å². The molecule has 0 bridgehead atoms. The summed E-state index contributed by atoms with van der Waals surface area (Å²) in [7, 11) is -3.33. The van der Waals surface area contributed by atoms with Crippen molar-refractivity contribution in [2.45, 2.75) is 37.6 Å². The van der Waals surface area contributed by atoms with Gasteiger partial charge in [-0.05, 0) is 30.9 Å². The number of hydrogen-bond acceptors (Lipinski definition) is 4. The first kappa shape index (κ1) is 14.1. The smallest absolute Gasteiger partial charge is 0.195 e. The Morgan fingerprint density at radius 2 is 2.06 bits per heavy atom. The van der Waals surface area contributed by atoms with Gasteiger partial charge in [0.1, 0.15) is 0 Å². The number of aliphatic hydroxyl groups excluding tert-OH is 1. The normalized spacial score (nSPS) is 11.6. The summed E-state index contributed by atoms with van der Waals surface area (Å²) in [5, 5.41) is 8.74. The molecule has 0 aliphatic heterocycles. The van der Waals surface area contributed by atoms with Crippen LogP contribution in [0.15, 0.2) is 23.4 Å². The molecule has 0 unspecified atom stereocenters. The van der Waals surface area contributed by atoms with Crippen molar-refractivity contribution in [3.63, 3.8) is 0 Å². The largest absolute Gasteiger partial charge is 0.396 e. The zero-order valence-electron chi connectivity index (χ0n) is 10.1. The second kappa shape index (κ2) is 6.71. The van der Waals surface area contributed by atoms with Crippen molar-refractivity contribution >= 4 is 9.84 Å². The first-order chi connectivity index (χ1) is 8.10. The average Bonchev–Trinajstić information content (AvgIpc) is 2.34. The summed E-state index contributed by atoms with van der Waals surface area (Å²) >= 11 is 0. The summed E-state index contributed by atoms with van der Waals surface area (Å²) in [5.74, 6) is -0.0508. The van der Waals surface area contributed by atoms with Gasteiger partial charge in [0.2, 0.25) is 0 Å². The molecule has 5 heteroatoms. The fourth-order valence-corrected chi connectivity index (χ4v) is 2.69. The molecule has 0 amide bonds. The SMILES string of the molecule is CCCCc1ccc(S(=O)(=O)CCCO)nc1. The molecule has 0 aliphatic rings. The molecular weight excluding hydrogens is 238 g/mol. The van der Waals surface area contributed by atoms with E-state index >= 15 is 0 Å². The zero-order valence-corrected chi connectivity index (χ0v) is 10.9. The number of aromatic nitrogens is 1. The lowest BCUT2D eigenvalue weighted by molar-refractivity contribution is 0.295. The predicted octanol–water partition coefficient (Wildman–Crippen LogP) is 1.58. The van der Waals surface area contributed by atoms with E-state index in [1.165, 1.54) is 0 Å². The van der Waals surface area contributed by atoms with Gasteiger partial charge < -0.3 is 5.11 Å². The van der Waals surface area contributed by atoms with Crippen LogP contribution in [0.25, 0.3) is 0 Å². The maximum absolute atomic E-state index is 11.7. The quantitative estimate of drug-likeness (QED) is 0.805. The van der Waals surface area contributed by atoms with Crippen LogP contribution in [0.2, 0.25) is 0 Å². The number of hydrogen-bond donors (Lipinski definition) is 1. The van der Waals surface area contributed by atoms with E-state index in [1.807, 2.05) is 6.07 Å². The number of sulfone groups is 1. The van der Waals surface area contributed by atoms with E-state index in [0.717, 1.165) is 24.8 Å². The number of pyridine rings is 1. The lowest BCUT2D eigenvalue weighted by Crippen LogP contribution is -2.10. The first-order valence-electron chi connectivity index (χ1n) is 5.88. The maximum Gasteiger partial charge on any atom is 0.195 e. The molecule has 0 spiro atoms. The Kier molecular flexibility index (Phi) is 5.58. The summed E-state index contributed by atoms with van der Waals surface area (Å²) < 4.78 is 23.5. The third-order valence-electron chi connectivity index (χ3n) is 2.51. The highest BCUT2D eigenvalue weighted by molar-refractivity contribution is 7.91. The number of aryl methyl sites for hydroxylation is 1. The minimum absolute atomic E-state index is 0.0508. The van der Waals surface area contributed by atoms with Crippen LogP contribution < -0.4 is 0 Å².